The van der Waals surface area contributed by atoms with Crippen LogP contribution in [0, 0.1) is 18.6 Å². The average Bonchev–Trinajstić information content (AvgIpc) is 3.41. The van der Waals surface area contributed by atoms with Crippen molar-refractivity contribution in [2.24, 2.45) is 0 Å². The standard InChI is InChI=1S/C20H19N5OS3/c1-12-4-3-5-14(8-12)19-23-24-20(27)25(19)10-18(26)21-9-15-6-7-17(29-15)16-11-28-13(2)22-16/h3-8,11H,9-10H2,1-2H3,(H,21,26)(H,24,27). The molecule has 1 aromatic carbocycles. The number of nitrogens with one attached hydrogen (secondary N) is 2. The summed E-state index contributed by atoms with van der Waals surface area (Å²) in [5.41, 5.74) is 3.03. The largest absolute Gasteiger partial charge is 0.350 e. The van der Waals surface area contributed by atoms with E-state index in [1.54, 1.807) is 27.2 Å². The number of carbonyl (C=O) groups excluding carboxylic acids is 1. The van der Waals surface area contributed by atoms with Gasteiger partial charge in [-0.1, -0.05) is 23.8 Å². The van der Waals surface area contributed by atoms with Crippen LogP contribution in [0.3, 0.4) is 0 Å². The Bertz CT molecular complexity index is 1220. The molecule has 0 aliphatic rings. The van der Waals surface area contributed by atoms with Gasteiger partial charge in [0.05, 0.1) is 22.1 Å². The first-order chi connectivity index (χ1) is 14.0. The van der Waals surface area contributed by atoms with Crippen molar-refractivity contribution in [3.8, 4) is 22.0 Å². The highest BCUT2D eigenvalue weighted by molar-refractivity contribution is 7.71. The van der Waals surface area contributed by atoms with Crippen molar-refractivity contribution in [1.29, 1.82) is 0 Å². The van der Waals surface area contributed by atoms with E-state index in [1.165, 1.54) is 0 Å². The second-order valence-corrected chi connectivity index (χ2v) is 9.22. The van der Waals surface area contributed by atoms with Crippen LogP contribution in [0.1, 0.15) is 15.4 Å². The van der Waals surface area contributed by atoms with E-state index in [2.05, 4.69) is 25.9 Å². The van der Waals surface area contributed by atoms with Crippen molar-refractivity contribution in [2.75, 3.05) is 0 Å². The van der Waals surface area contributed by atoms with Crippen LogP contribution in [0.4, 0.5) is 0 Å². The lowest BCUT2D eigenvalue weighted by atomic mass is 10.1. The zero-order valence-corrected chi connectivity index (χ0v) is 18.4. The second kappa shape index (κ2) is 8.40. The maximum absolute atomic E-state index is 12.5. The fourth-order valence-electron chi connectivity index (χ4n) is 2.94. The van der Waals surface area contributed by atoms with Crippen LogP contribution in [-0.2, 0) is 17.9 Å². The molecule has 0 saturated carbocycles. The summed E-state index contributed by atoms with van der Waals surface area (Å²) in [5.74, 6) is 0.544. The van der Waals surface area contributed by atoms with Gasteiger partial charge in [-0.3, -0.25) is 14.5 Å². The molecule has 0 spiro atoms. The minimum absolute atomic E-state index is 0.113. The third-order valence-corrected chi connectivity index (χ3v) is 6.52. The maximum atomic E-state index is 12.5. The van der Waals surface area contributed by atoms with E-state index in [0.717, 1.165) is 31.6 Å². The number of rotatable bonds is 6. The van der Waals surface area contributed by atoms with Crippen LogP contribution in [-0.4, -0.2) is 25.7 Å². The van der Waals surface area contributed by atoms with E-state index in [9.17, 15) is 4.79 Å². The highest BCUT2D eigenvalue weighted by Gasteiger charge is 2.13. The van der Waals surface area contributed by atoms with Crippen molar-refractivity contribution in [2.45, 2.75) is 26.9 Å². The molecule has 3 heterocycles. The molecule has 9 heteroatoms. The van der Waals surface area contributed by atoms with E-state index >= 15 is 0 Å². The molecule has 0 atom stereocenters. The zero-order chi connectivity index (χ0) is 20.4. The van der Waals surface area contributed by atoms with Crippen molar-refractivity contribution in [3.63, 3.8) is 0 Å². The maximum Gasteiger partial charge on any atom is 0.240 e. The summed E-state index contributed by atoms with van der Waals surface area (Å²) < 4.78 is 2.14. The molecule has 6 nitrogen and oxygen atoms in total. The quantitative estimate of drug-likeness (QED) is 0.424. The van der Waals surface area contributed by atoms with Gasteiger partial charge in [-0.15, -0.1) is 22.7 Å². The van der Waals surface area contributed by atoms with E-state index in [-0.39, 0.29) is 12.5 Å². The fraction of sp³-hybridized carbons (Fsp3) is 0.200. The Morgan fingerprint density at radius 2 is 2.14 bits per heavy atom. The molecule has 0 fully saturated rings. The molecule has 4 rings (SSSR count). The summed E-state index contributed by atoms with van der Waals surface area (Å²) >= 11 is 8.59. The summed E-state index contributed by atoms with van der Waals surface area (Å²) in [7, 11) is 0. The predicted octanol–water partition coefficient (Wildman–Crippen LogP) is 4.73. The number of thiophene rings is 1. The van der Waals surface area contributed by atoms with Gasteiger partial charge in [0, 0.05) is 15.8 Å². The topological polar surface area (TPSA) is 75.6 Å². The number of aromatic amines is 1. The fourth-order valence-corrected chi connectivity index (χ4v) is 4.73. The molecule has 3 aromatic heterocycles. The van der Waals surface area contributed by atoms with Crippen molar-refractivity contribution >= 4 is 40.8 Å². The number of aryl methyl sites for hydroxylation is 2. The van der Waals surface area contributed by atoms with Crippen LogP contribution in [0.15, 0.2) is 41.8 Å². The summed E-state index contributed by atoms with van der Waals surface area (Å²) in [5, 5.41) is 13.2. The highest BCUT2D eigenvalue weighted by Crippen LogP contribution is 2.29. The molecule has 1 amide bonds. The first-order valence-corrected chi connectivity index (χ1v) is 11.1. The summed E-state index contributed by atoms with van der Waals surface area (Å²) in [6.07, 6.45) is 0. The normalized spacial score (nSPS) is 11.0. The Morgan fingerprint density at radius 1 is 1.28 bits per heavy atom. The number of aromatic nitrogens is 4. The van der Waals surface area contributed by atoms with Crippen LogP contribution in [0.25, 0.3) is 22.0 Å². The Morgan fingerprint density at radius 3 is 2.90 bits per heavy atom. The van der Waals surface area contributed by atoms with Crippen LogP contribution in [0.2, 0.25) is 0 Å². The number of nitrogens with zero attached hydrogens (tertiary/aromatic N) is 3. The molecular formula is C20H19N5OS3. The summed E-state index contributed by atoms with van der Waals surface area (Å²) in [6.45, 7) is 4.60. The monoisotopic (exact) mass is 441 g/mol. The third kappa shape index (κ3) is 4.52. The molecule has 0 aliphatic carbocycles. The van der Waals surface area contributed by atoms with Crippen LogP contribution < -0.4 is 5.32 Å². The minimum Gasteiger partial charge on any atom is -0.350 e. The van der Waals surface area contributed by atoms with Gasteiger partial charge in [0.2, 0.25) is 5.91 Å². The van der Waals surface area contributed by atoms with E-state index in [0.29, 0.717) is 17.1 Å². The predicted molar refractivity (Wildman–Crippen MR) is 120 cm³/mol. The van der Waals surface area contributed by atoms with Gasteiger partial charge in [-0.2, -0.15) is 5.10 Å². The van der Waals surface area contributed by atoms with Crippen molar-refractivity contribution in [1.82, 2.24) is 25.1 Å². The lowest BCUT2D eigenvalue weighted by Crippen LogP contribution is -2.27. The van der Waals surface area contributed by atoms with Crippen molar-refractivity contribution < 1.29 is 4.79 Å². The number of amides is 1. The van der Waals surface area contributed by atoms with Gasteiger partial charge in [0.15, 0.2) is 10.6 Å². The lowest BCUT2D eigenvalue weighted by Gasteiger charge is -2.08. The van der Waals surface area contributed by atoms with E-state index in [1.807, 2.05) is 50.2 Å². The number of thiazole rings is 1. The molecule has 4 aromatic rings. The molecule has 0 saturated heterocycles. The molecule has 148 valence electrons. The number of carbonyl (C=O) groups is 1. The van der Waals surface area contributed by atoms with Gasteiger partial charge in [0.25, 0.3) is 0 Å². The third-order valence-electron chi connectivity index (χ3n) is 4.33. The van der Waals surface area contributed by atoms with Crippen LogP contribution >= 0.6 is 34.9 Å². The first-order valence-electron chi connectivity index (χ1n) is 9.00. The SMILES string of the molecule is Cc1cccc(-c2n[nH]c(=S)n2CC(=O)NCc2ccc(-c3csc(C)n3)s2)c1. The molecule has 0 unspecified atom stereocenters. The summed E-state index contributed by atoms with van der Waals surface area (Å²) in [6, 6.07) is 12.0. The number of hydrogen-bond acceptors (Lipinski definition) is 6. The Hall–Kier alpha value is -2.62. The Labute approximate surface area is 181 Å². The molecule has 29 heavy (non-hydrogen) atoms. The molecule has 0 aliphatic heterocycles. The van der Waals surface area contributed by atoms with Gasteiger partial charge in [-0.25, -0.2) is 4.98 Å². The van der Waals surface area contributed by atoms with Gasteiger partial charge in [-0.05, 0) is 44.3 Å². The first kappa shape index (κ1) is 19.7. The van der Waals surface area contributed by atoms with Gasteiger partial charge in [0.1, 0.15) is 6.54 Å². The average molecular weight is 442 g/mol. The van der Waals surface area contributed by atoms with Gasteiger partial charge < -0.3 is 5.32 Å². The van der Waals surface area contributed by atoms with E-state index < -0.39 is 0 Å². The van der Waals surface area contributed by atoms with E-state index in [4.69, 9.17) is 12.2 Å². The van der Waals surface area contributed by atoms with Gasteiger partial charge >= 0.3 is 0 Å². The number of benzene rings is 1. The Kier molecular flexibility index (Phi) is 5.70. The minimum atomic E-state index is -0.115. The number of hydrogen-bond donors (Lipinski definition) is 2. The zero-order valence-electron chi connectivity index (χ0n) is 15.9. The smallest absolute Gasteiger partial charge is 0.240 e. The number of H-pyrrole nitrogens is 1. The molecular weight excluding hydrogens is 422 g/mol. The lowest BCUT2D eigenvalue weighted by molar-refractivity contribution is -0.121. The molecule has 0 bridgehead atoms. The molecule has 0 radical (unpaired) electrons. The highest BCUT2D eigenvalue weighted by atomic mass is 32.1. The van der Waals surface area contributed by atoms with Crippen molar-refractivity contribution in [3.05, 3.63) is 62.0 Å². The Balaban J connectivity index is 1.43. The second-order valence-electron chi connectivity index (χ2n) is 6.60. The van der Waals surface area contributed by atoms with Crippen LogP contribution in [0.5, 0.6) is 0 Å². The summed E-state index contributed by atoms with van der Waals surface area (Å²) in [4.78, 5) is 19.2. The molecule has 2 N–H and O–H groups in total.